The van der Waals surface area contributed by atoms with Crippen LogP contribution >= 0.6 is 0 Å². The molecule has 4 heterocycles. The molecule has 0 bridgehead atoms. The van der Waals surface area contributed by atoms with Gasteiger partial charge in [0.2, 0.25) is 5.95 Å². The number of rotatable bonds is 5. The topological polar surface area (TPSA) is 110 Å². The van der Waals surface area contributed by atoms with Gasteiger partial charge in [-0.1, -0.05) is 6.07 Å². The molecule has 6 rings (SSSR count). The molecule has 2 aliphatic rings. The molecule has 9 heteroatoms. The van der Waals surface area contributed by atoms with Crippen LogP contribution in [0.15, 0.2) is 18.2 Å². The van der Waals surface area contributed by atoms with E-state index in [1.165, 1.54) is 29.8 Å². The Balaban J connectivity index is 1.25. The Bertz CT molecular complexity index is 1260. The van der Waals surface area contributed by atoms with Crippen molar-refractivity contribution >= 4 is 22.5 Å². The number of nitrogens with two attached hydrogens (primary N) is 1. The molecule has 0 unspecified atom stereocenters. The van der Waals surface area contributed by atoms with Gasteiger partial charge in [0.05, 0.1) is 12.8 Å². The van der Waals surface area contributed by atoms with E-state index in [4.69, 9.17) is 15.5 Å². The van der Waals surface area contributed by atoms with Gasteiger partial charge in [0, 0.05) is 55.0 Å². The predicted octanol–water partition coefficient (Wildman–Crippen LogP) is 2.07. The van der Waals surface area contributed by atoms with E-state index < -0.39 is 0 Å². The quantitative estimate of drug-likeness (QED) is 0.524. The van der Waals surface area contributed by atoms with Gasteiger partial charge >= 0.3 is 0 Å². The highest BCUT2D eigenvalue weighted by molar-refractivity contribution is 5.95. The number of hydrogen-bond donors (Lipinski definition) is 2. The SMILES string of the molecule is COc1cccc2c1nc(N)n1nc(CCN3CCc4[nH]nc(C5CC5)c4C3)nc21. The van der Waals surface area contributed by atoms with Gasteiger partial charge in [-0.2, -0.15) is 9.61 Å². The minimum Gasteiger partial charge on any atom is -0.494 e. The maximum absolute atomic E-state index is 6.16. The van der Waals surface area contributed by atoms with E-state index >= 15 is 0 Å². The summed E-state index contributed by atoms with van der Waals surface area (Å²) in [6.45, 7) is 2.88. The lowest BCUT2D eigenvalue weighted by Crippen LogP contribution is -2.32. The molecule has 0 spiro atoms. The lowest BCUT2D eigenvalue weighted by Gasteiger charge is -2.26. The number of nitrogens with zero attached hydrogens (tertiary/aromatic N) is 6. The number of aromatic amines is 1. The molecule has 0 saturated heterocycles. The molecule has 1 fully saturated rings. The van der Waals surface area contributed by atoms with Crippen LogP contribution in [0.25, 0.3) is 16.6 Å². The molecule has 3 aromatic heterocycles. The largest absolute Gasteiger partial charge is 0.494 e. The van der Waals surface area contributed by atoms with Crippen LogP contribution in [0, 0.1) is 0 Å². The average molecular weight is 404 g/mol. The number of benzene rings is 1. The maximum Gasteiger partial charge on any atom is 0.223 e. The third kappa shape index (κ3) is 2.80. The first-order chi connectivity index (χ1) is 14.7. The van der Waals surface area contributed by atoms with Crippen LogP contribution in [0.5, 0.6) is 5.75 Å². The molecule has 1 saturated carbocycles. The van der Waals surface area contributed by atoms with Crippen molar-refractivity contribution in [1.82, 2.24) is 34.7 Å². The Morgan fingerprint density at radius 2 is 2.17 bits per heavy atom. The summed E-state index contributed by atoms with van der Waals surface area (Å²) in [6.07, 6.45) is 4.33. The minimum absolute atomic E-state index is 0.316. The first-order valence-corrected chi connectivity index (χ1v) is 10.5. The zero-order valence-corrected chi connectivity index (χ0v) is 16.9. The second-order valence-electron chi connectivity index (χ2n) is 8.21. The number of nitrogen functional groups attached to an aromatic ring is 1. The van der Waals surface area contributed by atoms with Crippen molar-refractivity contribution in [1.29, 1.82) is 0 Å². The summed E-state index contributed by atoms with van der Waals surface area (Å²) >= 11 is 0. The van der Waals surface area contributed by atoms with Crippen molar-refractivity contribution in [3.8, 4) is 5.75 Å². The second kappa shape index (κ2) is 6.66. The standard InChI is InChI=1S/C21H24N8O/c1-30-16-4-2-3-13-19(16)24-21(22)29-20(13)23-17(27-29)8-10-28-9-7-15-14(11-28)18(26-25-15)12-5-6-12/h2-4,12H,5-11H2,1H3,(H2,22,24)(H,25,26). The van der Waals surface area contributed by atoms with Gasteiger partial charge < -0.3 is 10.5 Å². The molecule has 3 N–H and O–H groups in total. The van der Waals surface area contributed by atoms with E-state index in [1.54, 1.807) is 11.6 Å². The van der Waals surface area contributed by atoms with Crippen LogP contribution in [-0.4, -0.2) is 54.9 Å². The number of para-hydroxylation sites is 1. The molecule has 0 atom stereocenters. The highest BCUT2D eigenvalue weighted by Gasteiger charge is 2.32. The summed E-state index contributed by atoms with van der Waals surface area (Å²) in [5.74, 6) is 2.45. The number of ether oxygens (including phenoxy) is 1. The summed E-state index contributed by atoms with van der Waals surface area (Å²) in [5.41, 5.74) is 11.6. The van der Waals surface area contributed by atoms with E-state index in [0.29, 0.717) is 23.1 Å². The summed E-state index contributed by atoms with van der Waals surface area (Å²) in [5, 5.41) is 13.4. The molecule has 1 aromatic carbocycles. The lowest BCUT2D eigenvalue weighted by molar-refractivity contribution is 0.254. The summed E-state index contributed by atoms with van der Waals surface area (Å²) in [4.78, 5) is 11.7. The van der Waals surface area contributed by atoms with E-state index in [9.17, 15) is 0 Å². The summed E-state index contributed by atoms with van der Waals surface area (Å²) < 4.78 is 7.06. The monoisotopic (exact) mass is 404 g/mol. The molecule has 1 aliphatic carbocycles. The van der Waals surface area contributed by atoms with Crippen molar-refractivity contribution in [2.75, 3.05) is 25.9 Å². The number of aromatic nitrogens is 6. The van der Waals surface area contributed by atoms with E-state index in [-0.39, 0.29) is 0 Å². The number of anilines is 1. The molecule has 1 aliphatic heterocycles. The van der Waals surface area contributed by atoms with Crippen molar-refractivity contribution in [3.63, 3.8) is 0 Å². The molecule has 30 heavy (non-hydrogen) atoms. The fourth-order valence-corrected chi connectivity index (χ4v) is 4.46. The number of hydrogen-bond acceptors (Lipinski definition) is 7. The van der Waals surface area contributed by atoms with Crippen LogP contribution in [0.4, 0.5) is 5.95 Å². The first kappa shape index (κ1) is 17.6. The van der Waals surface area contributed by atoms with Crippen LogP contribution < -0.4 is 10.5 Å². The Hall–Kier alpha value is -3.20. The Morgan fingerprint density at radius 1 is 1.27 bits per heavy atom. The Labute approximate surface area is 173 Å². The van der Waals surface area contributed by atoms with Crippen molar-refractivity contribution in [2.24, 2.45) is 0 Å². The van der Waals surface area contributed by atoms with Crippen molar-refractivity contribution in [2.45, 2.75) is 38.1 Å². The zero-order chi connectivity index (χ0) is 20.2. The van der Waals surface area contributed by atoms with E-state index in [0.717, 1.165) is 49.3 Å². The summed E-state index contributed by atoms with van der Waals surface area (Å²) in [6, 6.07) is 5.78. The third-order valence-electron chi connectivity index (χ3n) is 6.21. The smallest absolute Gasteiger partial charge is 0.223 e. The maximum atomic E-state index is 6.16. The fraction of sp³-hybridized carbons (Fsp3) is 0.429. The van der Waals surface area contributed by atoms with Gasteiger partial charge in [0.15, 0.2) is 11.5 Å². The van der Waals surface area contributed by atoms with Crippen molar-refractivity contribution < 1.29 is 4.74 Å². The molecule has 154 valence electrons. The van der Waals surface area contributed by atoms with Crippen LogP contribution in [0.3, 0.4) is 0 Å². The molecular weight excluding hydrogens is 380 g/mol. The fourth-order valence-electron chi connectivity index (χ4n) is 4.46. The van der Waals surface area contributed by atoms with Gasteiger partial charge in [0.1, 0.15) is 11.3 Å². The minimum atomic E-state index is 0.316. The van der Waals surface area contributed by atoms with E-state index in [1.807, 2.05) is 18.2 Å². The molecule has 9 nitrogen and oxygen atoms in total. The normalized spacial score (nSPS) is 17.0. The Kier molecular flexibility index (Phi) is 3.92. The molecule has 4 aromatic rings. The van der Waals surface area contributed by atoms with Crippen LogP contribution in [0.1, 0.15) is 41.5 Å². The molecule has 0 radical (unpaired) electrons. The molecular formula is C21H24N8O. The van der Waals surface area contributed by atoms with Crippen molar-refractivity contribution in [3.05, 3.63) is 41.0 Å². The first-order valence-electron chi connectivity index (χ1n) is 10.5. The van der Waals surface area contributed by atoms with Gasteiger partial charge in [-0.05, 0) is 25.0 Å². The van der Waals surface area contributed by atoms with Gasteiger partial charge in [-0.3, -0.25) is 10.00 Å². The zero-order valence-electron chi connectivity index (χ0n) is 16.9. The van der Waals surface area contributed by atoms with Gasteiger partial charge in [0.25, 0.3) is 0 Å². The lowest BCUT2D eigenvalue weighted by atomic mass is 10.0. The summed E-state index contributed by atoms with van der Waals surface area (Å²) in [7, 11) is 1.63. The van der Waals surface area contributed by atoms with Gasteiger partial charge in [-0.15, -0.1) is 5.10 Å². The second-order valence-corrected chi connectivity index (χ2v) is 8.21. The number of fused-ring (bicyclic) bond motifs is 4. The highest BCUT2D eigenvalue weighted by Crippen LogP contribution is 2.42. The van der Waals surface area contributed by atoms with Gasteiger partial charge in [-0.25, -0.2) is 9.97 Å². The van der Waals surface area contributed by atoms with Crippen LogP contribution in [0.2, 0.25) is 0 Å². The average Bonchev–Trinajstić information content (AvgIpc) is 3.36. The highest BCUT2D eigenvalue weighted by atomic mass is 16.5. The van der Waals surface area contributed by atoms with E-state index in [2.05, 4.69) is 25.2 Å². The Morgan fingerprint density at radius 3 is 3.00 bits per heavy atom. The third-order valence-corrected chi connectivity index (χ3v) is 6.21. The number of methoxy groups -OCH3 is 1. The van der Waals surface area contributed by atoms with Crippen LogP contribution in [-0.2, 0) is 19.4 Å². The number of nitrogens with one attached hydrogen (secondary N) is 1. The predicted molar refractivity (Wildman–Crippen MR) is 113 cm³/mol. The number of H-pyrrole nitrogens is 1. The molecule has 0 amide bonds.